The third-order valence-electron chi connectivity index (χ3n) is 3.31. The molecule has 0 aromatic carbocycles. The van der Waals surface area contributed by atoms with E-state index in [1.54, 1.807) is 0 Å². The summed E-state index contributed by atoms with van der Waals surface area (Å²) in [5, 5.41) is 11.9. The number of carbonyl (C=O) groups excluding carboxylic acids is 1. The van der Waals surface area contributed by atoms with Gasteiger partial charge in [-0.15, -0.1) is 0 Å². The van der Waals surface area contributed by atoms with Crippen molar-refractivity contribution in [3.05, 3.63) is 0 Å². The fraction of sp³-hybridized carbons (Fsp3) is 0.846. The molecule has 4 N–H and O–H groups in total. The van der Waals surface area contributed by atoms with Crippen molar-refractivity contribution in [3.63, 3.8) is 0 Å². The number of hydrogen-bond donors (Lipinski definition) is 3. The molecule has 0 spiro atoms. The monoisotopic (exact) mass is 272 g/mol. The van der Waals surface area contributed by atoms with Gasteiger partial charge < -0.3 is 20.9 Å². The quantitative estimate of drug-likeness (QED) is 0.670. The van der Waals surface area contributed by atoms with E-state index in [1.807, 2.05) is 20.8 Å². The van der Waals surface area contributed by atoms with E-state index < -0.39 is 11.5 Å². The highest BCUT2D eigenvalue weighted by molar-refractivity contribution is 5.88. The summed E-state index contributed by atoms with van der Waals surface area (Å²) in [6, 6.07) is 0. The Balaban J connectivity index is 2.73. The van der Waals surface area contributed by atoms with Crippen molar-refractivity contribution in [1.82, 2.24) is 5.32 Å². The number of hydrogen-bond acceptors (Lipinski definition) is 4. The highest BCUT2D eigenvalue weighted by Gasteiger charge is 2.44. The molecule has 0 bridgehead atoms. The first kappa shape index (κ1) is 15.9. The van der Waals surface area contributed by atoms with E-state index in [2.05, 4.69) is 5.32 Å². The molecule has 1 heterocycles. The van der Waals surface area contributed by atoms with Crippen LogP contribution in [-0.4, -0.2) is 42.3 Å². The van der Waals surface area contributed by atoms with Crippen LogP contribution in [0.2, 0.25) is 0 Å². The Bertz CT molecular complexity index is 343. The minimum Gasteiger partial charge on any atom is -0.479 e. The molecule has 0 aliphatic carbocycles. The Morgan fingerprint density at radius 3 is 2.47 bits per heavy atom. The summed E-state index contributed by atoms with van der Waals surface area (Å²) in [6.45, 7) is 6.64. The molecule has 6 nitrogen and oxygen atoms in total. The maximum atomic E-state index is 12.2. The molecule has 19 heavy (non-hydrogen) atoms. The summed E-state index contributed by atoms with van der Waals surface area (Å²) in [7, 11) is 0. The van der Waals surface area contributed by atoms with Crippen LogP contribution in [-0.2, 0) is 14.3 Å². The van der Waals surface area contributed by atoms with Gasteiger partial charge in [-0.2, -0.15) is 0 Å². The van der Waals surface area contributed by atoms with Crippen LogP contribution in [0.15, 0.2) is 0 Å². The van der Waals surface area contributed by atoms with Gasteiger partial charge in [0.15, 0.2) is 5.54 Å². The summed E-state index contributed by atoms with van der Waals surface area (Å²) >= 11 is 0. The van der Waals surface area contributed by atoms with Crippen LogP contribution < -0.4 is 11.1 Å². The summed E-state index contributed by atoms with van der Waals surface area (Å²) in [5.74, 6) is -1.73. The number of ether oxygens (including phenoxy) is 1. The standard InChI is InChI=1S/C13H24N2O4/c1-12(2,3)6-9(7-14)10(16)15-13(11(17)18)4-5-19-8-13/h9H,4-8,14H2,1-3H3,(H,15,16)(H,17,18). The van der Waals surface area contributed by atoms with E-state index in [0.29, 0.717) is 19.4 Å². The van der Waals surface area contributed by atoms with Crippen LogP contribution in [0.1, 0.15) is 33.6 Å². The molecular weight excluding hydrogens is 248 g/mol. The maximum Gasteiger partial charge on any atom is 0.331 e. The van der Waals surface area contributed by atoms with E-state index in [9.17, 15) is 14.7 Å². The highest BCUT2D eigenvalue weighted by atomic mass is 16.5. The Hall–Kier alpha value is -1.14. The third kappa shape index (κ3) is 4.18. The first-order chi connectivity index (χ1) is 8.70. The molecule has 2 unspecified atom stereocenters. The van der Waals surface area contributed by atoms with Gasteiger partial charge in [0.25, 0.3) is 0 Å². The van der Waals surface area contributed by atoms with Crippen LogP contribution in [0.25, 0.3) is 0 Å². The minimum atomic E-state index is -1.29. The zero-order valence-electron chi connectivity index (χ0n) is 11.9. The SMILES string of the molecule is CC(C)(C)CC(CN)C(=O)NC1(C(=O)O)CCOC1. The molecule has 2 atom stereocenters. The van der Waals surface area contributed by atoms with Crippen molar-refractivity contribution in [3.8, 4) is 0 Å². The molecule has 1 aliphatic heterocycles. The van der Waals surface area contributed by atoms with E-state index in [0.717, 1.165) is 0 Å². The lowest BCUT2D eigenvalue weighted by atomic mass is 9.83. The number of carboxylic acid groups (broad SMARTS) is 1. The molecule has 1 fully saturated rings. The van der Waals surface area contributed by atoms with Crippen LogP contribution in [0.4, 0.5) is 0 Å². The summed E-state index contributed by atoms with van der Waals surface area (Å²) in [4.78, 5) is 23.5. The smallest absolute Gasteiger partial charge is 0.331 e. The van der Waals surface area contributed by atoms with E-state index in [-0.39, 0.29) is 30.4 Å². The van der Waals surface area contributed by atoms with Gasteiger partial charge in [0.1, 0.15) is 0 Å². The number of carbonyl (C=O) groups is 2. The Morgan fingerprint density at radius 2 is 2.11 bits per heavy atom. The third-order valence-corrected chi connectivity index (χ3v) is 3.31. The number of carboxylic acids is 1. The Kier molecular flexibility index (Phi) is 4.92. The number of rotatable bonds is 5. The average molecular weight is 272 g/mol. The molecule has 1 aliphatic rings. The molecule has 6 heteroatoms. The molecule has 1 rings (SSSR count). The van der Waals surface area contributed by atoms with Gasteiger partial charge in [-0.1, -0.05) is 20.8 Å². The zero-order valence-corrected chi connectivity index (χ0v) is 11.9. The lowest BCUT2D eigenvalue weighted by Gasteiger charge is -2.29. The first-order valence-electron chi connectivity index (χ1n) is 6.53. The fourth-order valence-electron chi connectivity index (χ4n) is 2.25. The van der Waals surface area contributed by atoms with Gasteiger partial charge in [0, 0.05) is 19.6 Å². The largest absolute Gasteiger partial charge is 0.479 e. The van der Waals surface area contributed by atoms with Crippen LogP contribution in [0, 0.1) is 11.3 Å². The van der Waals surface area contributed by atoms with Crippen LogP contribution in [0.3, 0.4) is 0 Å². The number of aliphatic carboxylic acids is 1. The highest BCUT2D eigenvalue weighted by Crippen LogP contribution is 2.26. The molecule has 110 valence electrons. The maximum absolute atomic E-state index is 12.2. The van der Waals surface area contributed by atoms with Gasteiger partial charge in [0.05, 0.1) is 12.5 Å². The summed E-state index contributed by atoms with van der Waals surface area (Å²) < 4.78 is 5.11. The Morgan fingerprint density at radius 1 is 1.47 bits per heavy atom. The van der Waals surface area contributed by atoms with Gasteiger partial charge >= 0.3 is 5.97 Å². The van der Waals surface area contributed by atoms with E-state index in [1.165, 1.54) is 0 Å². The minimum absolute atomic E-state index is 0.0148. The van der Waals surface area contributed by atoms with Gasteiger partial charge in [-0.3, -0.25) is 4.79 Å². The molecular formula is C13H24N2O4. The molecule has 0 saturated carbocycles. The van der Waals surface area contributed by atoms with Crippen molar-refractivity contribution in [1.29, 1.82) is 0 Å². The van der Waals surface area contributed by atoms with Gasteiger partial charge in [-0.25, -0.2) is 4.79 Å². The zero-order chi connectivity index (χ0) is 14.7. The van der Waals surface area contributed by atoms with Crippen molar-refractivity contribution in [2.24, 2.45) is 17.1 Å². The number of nitrogens with two attached hydrogens (primary N) is 1. The van der Waals surface area contributed by atoms with Crippen molar-refractivity contribution < 1.29 is 19.4 Å². The summed E-state index contributed by atoms with van der Waals surface area (Å²) in [6.07, 6.45) is 0.909. The second kappa shape index (κ2) is 5.88. The summed E-state index contributed by atoms with van der Waals surface area (Å²) in [5.41, 5.74) is 4.31. The second-order valence-corrected chi connectivity index (χ2v) is 6.38. The predicted octanol–water partition coefficient (Wildman–Crippen LogP) is 0.357. The second-order valence-electron chi connectivity index (χ2n) is 6.38. The molecule has 1 amide bonds. The average Bonchev–Trinajstić information content (AvgIpc) is 2.74. The lowest BCUT2D eigenvalue weighted by molar-refractivity contribution is -0.148. The van der Waals surface area contributed by atoms with Gasteiger partial charge in [0.2, 0.25) is 5.91 Å². The van der Waals surface area contributed by atoms with Gasteiger partial charge in [-0.05, 0) is 11.8 Å². The fourth-order valence-corrected chi connectivity index (χ4v) is 2.25. The van der Waals surface area contributed by atoms with Crippen molar-refractivity contribution in [2.45, 2.75) is 39.2 Å². The normalized spacial score (nSPS) is 25.1. The Labute approximate surface area is 113 Å². The topological polar surface area (TPSA) is 102 Å². The first-order valence-corrected chi connectivity index (χ1v) is 6.53. The van der Waals surface area contributed by atoms with Crippen molar-refractivity contribution in [2.75, 3.05) is 19.8 Å². The molecule has 0 radical (unpaired) electrons. The lowest BCUT2D eigenvalue weighted by Crippen LogP contribution is -2.57. The van der Waals surface area contributed by atoms with Crippen molar-refractivity contribution >= 4 is 11.9 Å². The molecule has 1 saturated heterocycles. The van der Waals surface area contributed by atoms with Crippen LogP contribution in [0.5, 0.6) is 0 Å². The molecule has 0 aromatic rings. The molecule has 0 aromatic heterocycles. The number of nitrogens with one attached hydrogen (secondary N) is 1. The van der Waals surface area contributed by atoms with E-state index >= 15 is 0 Å². The van der Waals surface area contributed by atoms with Crippen LogP contribution >= 0.6 is 0 Å². The predicted molar refractivity (Wildman–Crippen MR) is 70.6 cm³/mol. The van der Waals surface area contributed by atoms with E-state index in [4.69, 9.17) is 10.5 Å². The number of amides is 1.